The van der Waals surface area contributed by atoms with Gasteiger partial charge in [-0.3, -0.25) is 4.79 Å². The van der Waals surface area contributed by atoms with Crippen molar-refractivity contribution in [2.75, 3.05) is 0 Å². The summed E-state index contributed by atoms with van der Waals surface area (Å²) in [7, 11) is 0. The van der Waals surface area contributed by atoms with Gasteiger partial charge in [-0.25, -0.2) is 0 Å². The maximum Gasteiger partial charge on any atom is 0.217 e. The third kappa shape index (κ3) is 2.62. The molecule has 64 valence electrons. The minimum Gasteiger partial charge on any atom is -0.508 e. The number of benzene rings is 1. The van der Waals surface area contributed by atoms with Gasteiger partial charge in [0.05, 0.1) is 0 Å². The van der Waals surface area contributed by atoms with Crippen molar-refractivity contribution >= 4 is 5.91 Å². The molecule has 0 fully saturated rings. The molecular formula is C9H11NO2. The van der Waals surface area contributed by atoms with E-state index in [0.29, 0.717) is 6.54 Å². The topological polar surface area (TPSA) is 49.3 Å². The van der Waals surface area contributed by atoms with Crippen LogP contribution < -0.4 is 5.32 Å². The fourth-order valence-corrected chi connectivity index (χ4v) is 0.840. The Balaban J connectivity index is 2.53. The third-order valence-electron chi connectivity index (χ3n) is 1.48. The molecule has 1 aromatic carbocycles. The summed E-state index contributed by atoms with van der Waals surface area (Å²) in [6.07, 6.45) is 0. The Bertz CT molecular complexity index is 266. The van der Waals surface area contributed by atoms with E-state index in [1.54, 1.807) is 24.3 Å². The number of phenolic OH excluding ortho intramolecular Hbond substituents is 1. The molecule has 12 heavy (non-hydrogen) atoms. The van der Waals surface area contributed by atoms with Crippen molar-refractivity contribution in [1.29, 1.82) is 0 Å². The van der Waals surface area contributed by atoms with Crippen LogP contribution in [0, 0.1) is 0 Å². The quantitative estimate of drug-likeness (QED) is 0.687. The molecule has 0 spiro atoms. The van der Waals surface area contributed by atoms with Crippen LogP contribution in [0.5, 0.6) is 5.75 Å². The molecule has 0 unspecified atom stereocenters. The molecule has 1 aromatic rings. The lowest BCUT2D eigenvalue weighted by atomic mass is 10.2. The first-order valence-electron chi connectivity index (χ1n) is 3.71. The van der Waals surface area contributed by atoms with E-state index in [9.17, 15) is 4.79 Å². The summed E-state index contributed by atoms with van der Waals surface area (Å²) in [6.45, 7) is 1.98. The van der Waals surface area contributed by atoms with Crippen molar-refractivity contribution in [2.24, 2.45) is 0 Å². The lowest BCUT2D eigenvalue weighted by Gasteiger charge is -2.01. The van der Waals surface area contributed by atoms with Crippen molar-refractivity contribution in [3.8, 4) is 5.75 Å². The minimum absolute atomic E-state index is 0.0527. The Labute approximate surface area is 71.0 Å². The molecular weight excluding hydrogens is 154 g/mol. The predicted octanol–water partition coefficient (Wildman–Crippen LogP) is 1.03. The first kappa shape index (κ1) is 8.59. The Morgan fingerprint density at radius 3 is 2.50 bits per heavy atom. The number of nitrogens with one attached hydrogen (secondary N) is 1. The molecule has 0 radical (unpaired) electrons. The highest BCUT2D eigenvalue weighted by molar-refractivity contribution is 5.72. The SMILES string of the molecule is CC(=O)NCc1ccc(O)cc1. The summed E-state index contributed by atoms with van der Waals surface area (Å²) in [6, 6.07) is 6.73. The maximum absolute atomic E-state index is 10.5. The number of rotatable bonds is 2. The molecule has 0 aromatic heterocycles. The second kappa shape index (κ2) is 3.76. The highest BCUT2D eigenvalue weighted by Gasteiger charge is 1.93. The molecule has 1 amide bonds. The fourth-order valence-electron chi connectivity index (χ4n) is 0.840. The van der Waals surface area contributed by atoms with Crippen molar-refractivity contribution < 1.29 is 9.90 Å². The number of phenols is 1. The van der Waals surface area contributed by atoms with Gasteiger partial charge in [0.2, 0.25) is 5.91 Å². The van der Waals surface area contributed by atoms with Crippen LogP contribution in [0.25, 0.3) is 0 Å². The normalized spacial score (nSPS) is 9.42. The van der Waals surface area contributed by atoms with E-state index < -0.39 is 0 Å². The summed E-state index contributed by atoms with van der Waals surface area (Å²) in [5.41, 5.74) is 0.975. The number of aromatic hydroxyl groups is 1. The van der Waals surface area contributed by atoms with Crippen LogP contribution in [0.1, 0.15) is 12.5 Å². The van der Waals surface area contributed by atoms with Crippen molar-refractivity contribution in [3.63, 3.8) is 0 Å². The summed E-state index contributed by atoms with van der Waals surface area (Å²) in [4.78, 5) is 10.5. The lowest BCUT2D eigenvalue weighted by molar-refractivity contribution is -0.119. The molecule has 3 nitrogen and oxygen atoms in total. The average molecular weight is 165 g/mol. The van der Waals surface area contributed by atoms with Crippen molar-refractivity contribution in [1.82, 2.24) is 5.32 Å². The molecule has 0 bridgehead atoms. The molecule has 0 aliphatic rings. The summed E-state index contributed by atoms with van der Waals surface area (Å²) < 4.78 is 0. The Hall–Kier alpha value is -1.51. The number of hydrogen-bond acceptors (Lipinski definition) is 2. The standard InChI is InChI=1S/C9H11NO2/c1-7(11)10-6-8-2-4-9(12)5-3-8/h2-5,12H,6H2,1H3,(H,10,11). The van der Waals surface area contributed by atoms with Crippen LogP contribution in [0.4, 0.5) is 0 Å². The maximum atomic E-state index is 10.5. The highest BCUT2D eigenvalue weighted by Crippen LogP contribution is 2.08. The minimum atomic E-state index is -0.0527. The van der Waals surface area contributed by atoms with Gasteiger partial charge in [-0.05, 0) is 17.7 Å². The Kier molecular flexibility index (Phi) is 2.69. The second-order valence-electron chi connectivity index (χ2n) is 2.58. The Morgan fingerprint density at radius 2 is 2.00 bits per heavy atom. The fraction of sp³-hybridized carbons (Fsp3) is 0.222. The van der Waals surface area contributed by atoms with Crippen LogP contribution >= 0.6 is 0 Å². The van der Waals surface area contributed by atoms with Crippen molar-refractivity contribution in [3.05, 3.63) is 29.8 Å². The lowest BCUT2D eigenvalue weighted by Crippen LogP contribution is -2.18. The molecule has 1 rings (SSSR count). The summed E-state index contributed by atoms with van der Waals surface area (Å²) in [5, 5.41) is 11.6. The van der Waals surface area contributed by atoms with E-state index in [1.807, 2.05) is 0 Å². The van der Waals surface area contributed by atoms with Crippen molar-refractivity contribution in [2.45, 2.75) is 13.5 Å². The highest BCUT2D eigenvalue weighted by atomic mass is 16.3. The molecule has 0 aliphatic heterocycles. The Morgan fingerprint density at radius 1 is 1.42 bits per heavy atom. The number of hydrogen-bond donors (Lipinski definition) is 2. The van der Waals surface area contributed by atoms with Gasteiger partial charge in [-0.2, -0.15) is 0 Å². The first-order valence-corrected chi connectivity index (χ1v) is 3.71. The van der Waals surface area contributed by atoms with Gasteiger partial charge in [0.1, 0.15) is 5.75 Å². The van der Waals surface area contributed by atoms with Crippen LogP contribution in [-0.4, -0.2) is 11.0 Å². The number of carbonyl (C=O) groups excluding carboxylic acids is 1. The second-order valence-corrected chi connectivity index (χ2v) is 2.58. The molecule has 0 heterocycles. The average Bonchev–Trinajstić information content (AvgIpc) is 2.03. The zero-order chi connectivity index (χ0) is 8.97. The van der Waals surface area contributed by atoms with E-state index in [0.717, 1.165) is 5.56 Å². The monoisotopic (exact) mass is 165 g/mol. The molecule has 2 N–H and O–H groups in total. The van der Waals surface area contributed by atoms with E-state index in [1.165, 1.54) is 6.92 Å². The molecule has 0 aliphatic carbocycles. The van der Waals surface area contributed by atoms with Crippen LogP contribution in [0.15, 0.2) is 24.3 Å². The van der Waals surface area contributed by atoms with Gasteiger partial charge in [0.15, 0.2) is 0 Å². The van der Waals surface area contributed by atoms with Gasteiger partial charge < -0.3 is 10.4 Å². The number of carbonyl (C=O) groups is 1. The van der Waals surface area contributed by atoms with Crippen LogP contribution in [-0.2, 0) is 11.3 Å². The smallest absolute Gasteiger partial charge is 0.217 e. The third-order valence-corrected chi connectivity index (χ3v) is 1.48. The molecule has 0 saturated carbocycles. The van der Waals surface area contributed by atoms with Crippen LogP contribution in [0.2, 0.25) is 0 Å². The van der Waals surface area contributed by atoms with E-state index in [-0.39, 0.29) is 11.7 Å². The van der Waals surface area contributed by atoms with E-state index in [2.05, 4.69) is 5.32 Å². The molecule has 0 atom stereocenters. The van der Waals surface area contributed by atoms with E-state index >= 15 is 0 Å². The predicted molar refractivity (Wildman–Crippen MR) is 45.6 cm³/mol. The summed E-state index contributed by atoms with van der Waals surface area (Å²) >= 11 is 0. The van der Waals surface area contributed by atoms with E-state index in [4.69, 9.17) is 5.11 Å². The molecule has 3 heteroatoms. The van der Waals surface area contributed by atoms with Gasteiger partial charge in [0.25, 0.3) is 0 Å². The van der Waals surface area contributed by atoms with Gasteiger partial charge >= 0.3 is 0 Å². The van der Waals surface area contributed by atoms with Gasteiger partial charge in [-0.15, -0.1) is 0 Å². The molecule has 0 saturated heterocycles. The number of amides is 1. The first-order chi connectivity index (χ1) is 5.68. The van der Waals surface area contributed by atoms with Gasteiger partial charge in [0, 0.05) is 13.5 Å². The van der Waals surface area contributed by atoms with Gasteiger partial charge in [-0.1, -0.05) is 12.1 Å². The zero-order valence-corrected chi connectivity index (χ0v) is 6.87. The zero-order valence-electron chi connectivity index (χ0n) is 6.87. The summed E-state index contributed by atoms with van der Waals surface area (Å²) in [5.74, 6) is 0.185. The van der Waals surface area contributed by atoms with Crippen LogP contribution in [0.3, 0.4) is 0 Å². The largest absolute Gasteiger partial charge is 0.508 e.